The first-order chi connectivity index (χ1) is 7.58. The van der Waals surface area contributed by atoms with E-state index in [1.807, 2.05) is 13.8 Å². The highest BCUT2D eigenvalue weighted by Gasteiger charge is 2.11. The molecule has 3 nitrogen and oxygen atoms in total. The fourth-order valence-corrected chi connectivity index (χ4v) is 1.26. The summed E-state index contributed by atoms with van der Waals surface area (Å²) in [6.07, 6.45) is 0.775. The molecule has 0 spiro atoms. The van der Waals surface area contributed by atoms with Crippen LogP contribution in [0.15, 0.2) is 18.2 Å². The molecule has 4 heteroatoms. The minimum Gasteiger partial charge on any atom is -0.326 e. The minimum absolute atomic E-state index is 0.0496. The number of hydrogen-bond donors (Lipinski definition) is 2. The Morgan fingerprint density at radius 2 is 2.25 bits per heavy atom. The average Bonchev–Trinajstić information content (AvgIpc) is 2.30. The van der Waals surface area contributed by atoms with Crippen molar-refractivity contribution in [1.82, 2.24) is 0 Å². The van der Waals surface area contributed by atoms with Crippen LogP contribution in [0.1, 0.15) is 25.8 Å². The Bertz CT molecular complexity index is 379. The fraction of sp³-hybridized carbons (Fsp3) is 0.417. The minimum atomic E-state index is -0.343. The third-order valence-electron chi connectivity index (χ3n) is 2.59. The second kappa shape index (κ2) is 5.61. The number of anilines is 1. The molecule has 1 unspecified atom stereocenters. The van der Waals surface area contributed by atoms with E-state index in [2.05, 4.69) is 5.32 Å². The first kappa shape index (κ1) is 12.6. The monoisotopic (exact) mass is 224 g/mol. The molecule has 1 aromatic rings. The molecule has 0 aliphatic rings. The van der Waals surface area contributed by atoms with Crippen molar-refractivity contribution < 1.29 is 9.18 Å². The molecule has 0 heterocycles. The van der Waals surface area contributed by atoms with Crippen LogP contribution in [0.2, 0.25) is 0 Å². The van der Waals surface area contributed by atoms with Crippen LogP contribution in [0.3, 0.4) is 0 Å². The molecule has 1 amide bonds. The number of amides is 1. The van der Waals surface area contributed by atoms with Crippen molar-refractivity contribution in [2.75, 3.05) is 5.32 Å². The van der Waals surface area contributed by atoms with Gasteiger partial charge in [-0.15, -0.1) is 0 Å². The Labute approximate surface area is 94.8 Å². The van der Waals surface area contributed by atoms with E-state index in [9.17, 15) is 9.18 Å². The van der Waals surface area contributed by atoms with Gasteiger partial charge in [-0.05, 0) is 24.6 Å². The molecule has 0 radical (unpaired) electrons. The van der Waals surface area contributed by atoms with Crippen LogP contribution in [-0.4, -0.2) is 5.91 Å². The molecule has 0 bridgehead atoms. The number of benzene rings is 1. The third kappa shape index (κ3) is 3.03. The normalized spacial score (nSPS) is 12.2. The van der Waals surface area contributed by atoms with Gasteiger partial charge in [-0.3, -0.25) is 4.79 Å². The van der Waals surface area contributed by atoms with E-state index in [4.69, 9.17) is 5.73 Å². The summed E-state index contributed by atoms with van der Waals surface area (Å²) in [6, 6.07) is 4.42. The van der Waals surface area contributed by atoms with E-state index in [0.29, 0.717) is 11.3 Å². The lowest BCUT2D eigenvalue weighted by Gasteiger charge is -2.11. The number of carbonyl (C=O) groups excluding carboxylic acids is 1. The molecule has 1 aromatic carbocycles. The quantitative estimate of drug-likeness (QED) is 0.824. The van der Waals surface area contributed by atoms with Gasteiger partial charge < -0.3 is 11.1 Å². The lowest BCUT2D eigenvalue weighted by atomic mass is 10.1. The SMILES string of the molecule is CCC(C)C(=O)Nc1ccc(F)c(CN)c1. The summed E-state index contributed by atoms with van der Waals surface area (Å²) in [7, 11) is 0. The second-order valence-corrected chi connectivity index (χ2v) is 3.81. The van der Waals surface area contributed by atoms with Crippen molar-refractivity contribution in [2.45, 2.75) is 26.8 Å². The molecule has 1 rings (SSSR count). The smallest absolute Gasteiger partial charge is 0.227 e. The van der Waals surface area contributed by atoms with Gasteiger partial charge in [-0.1, -0.05) is 13.8 Å². The number of hydrogen-bond acceptors (Lipinski definition) is 2. The van der Waals surface area contributed by atoms with Crippen LogP contribution in [-0.2, 0) is 11.3 Å². The number of rotatable bonds is 4. The van der Waals surface area contributed by atoms with E-state index in [1.54, 1.807) is 6.07 Å². The van der Waals surface area contributed by atoms with Crippen molar-refractivity contribution >= 4 is 11.6 Å². The zero-order chi connectivity index (χ0) is 12.1. The van der Waals surface area contributed by atoms with Crippen molar-refractivity contribution in [2.24, 2.45) is 11.7 Å². The van der Waals surface area contributed by atoms with Gasteiger partial charge in [0.15, 0.2) is 0 Å². The Kier molecular flexibility index (Phi) is 4.43. The highest BCUT2D eigenvalue weighted by molar-refractivity contribution is 5.92. The average molecular weight is 224 g/mol. The van der Waals surface area contributed by atoms with Gasteiger partial charge in [0.25, 0.3) is 0 Å². The number of halogens is 1. The topological polar surface area (TPSA) is 55.1 Å². The van der Waals surface area contributed by atoms with Crippen LogP contribution in [0.5, 0.6) is 0 Å². The first-order valence-electron chi connectivity index (χ1n) is 5.37. The molecule has 0 aliphatic heterocycles. The molecule has 0 aliphatic carbocycles. The van der Waals surface area contributed by atoms with Gasteiger partial charge in [0.1, 0.15) is 5.82 Å². The van der Waals surface area contributed by atoms with E-state index in [1.165, 1.54) is 12.1 Å². The van der Waals surface area contributed by atoms with Crippen LogP contribution in [0.4, 0.5) is 10.1 Å². The predicted molar refractivity (Wildman–Crippen MR) is 62.4 cm³/mol. The maximum absolute atomic E-state index is 13.1. The first-order valence-corrected chi connectivity index (χ1v) is 5.37. The van der Waals surface area contributed by atoms with Crippen LogP contribution in [0, 0.1) is 11.7 Å². The molecule has 0 saturated carbocycles. The van der Waals surface area contributed by atoms with Gasteiger partial charge in [-0.25, -0.2) is 4.39 Å². The molecule has 3 N–H and O–H groups in total. The summed E-state index contributed by atoms with van der Waals surface area (Å²) in [5, 5.41) is 2.73. The highest BCUT2D eigenvalue weighted by Crippen LogP contribution is 2.15. The molecular weight excluding hydrogens is 207 g/mol. The van der Waals surface area contributed by atoms with Crippen LogP contribution < -0.4 is 11.1 Å². The summed E-state index contributed by atoms with van der Waals surface area (Å²) >= 11 is 0. The van der Waals surface area contributed by atoms with Gasteiger partial charge in [0, 0.05) is 23.7 Å². The maximum Gasteiger partial charge on any atom is 0.227 e. The van der Waals surface area contributed by atoms with Crippen LogP contribution in [0.25, 0.3) is 0 Å². The van der Waals surface area contributed by atoms with Gasteiger partial charge >= 0.3 is 0 Å². The number of nitrogens with two attached hydrogens (primary N) is 1. The van der Waals surface area contributed by atoms with Crippen molar-refractivity contribution in [3.05, 3.63) is 29.6 Å². The maximum atomic E-state index is 13.1. The summed E-state index contributed by atoms with van der Waals surface area (Å²) in [5.41, 5.74) is 6.38. The third-order valence-corrected chi connectivity index (χ3v) is 2.59. The Balaban J connectivity index is 2.78. The van der Waals surface area contributed by atoms with E-state index >= 15 is 0 Å². The summed E-state index contributed by atoms with van der Waals surface area (Å²) in [4.78, 5) is 11.6. The predicted octanol–water partition coefficient (Wildman–Crippen LogP) is 2.27. The van der Waals surface area contributed by atoms with Crippen molar-refractivity contribution in [3.8, 4) is 0 Å². The molecule has 16 heavy (non-hydrogen) atoms. The fourth-order valence-electron chi connectivity index (χ4n) is 1.26. The summed E-state index contributed by atoms with van der Waals surface area (Å²) in [6.45, 7) is 3.92. The van der Waals surface area contributed by atoms with Gasteiger partial charge in [-0.2, -0.15) is 0 Å². The van der Waals surface area contributed by atoms with E-state index in [-0.39, 0.29) is 24.2 Å². The number of nitrogens with one attached hydrogen (secondary N) is 1. The highest BCUT2D eigenvalue weighted by atomic mass is 19.1. The lowest BCUT2D eigenvalue weighted by molar-refractivity contribution is -0.119. The zero-order valence-corrected chi connectivity index (χ0v) is 9.59. The molecule has 0 saturated heterocycles. The Morgan fingerprint density at radius 1 is 1.56 bits per heavy atom. The summed E-state index contributed by atoms with van der Waals surface area (Å²) in [5.74, 6) is -0.451. The molecule has 0 fully saturated rings. The van der Waals surface area contributed by atoms with E-state index < -0.39 is 0 Å². The van der Waals surface area contributed by atoms with Gasteiger partial charge in [0.05, 0.1) is 0 Å². The van der Waals surface area contributed by atoms with Crippen molar-refractivity contribution in [1.29, 1.82) is 0 Å². The Morgan fingerprint density at radius 3 is 2.81 bits per heavy atom. The standard InChI is InChI=1S/C12H17FN2O/c1-3-8(2)12(16)15-10-4-5-11(13)9(6-10)7-14/h4-6,8H,3,7,14H2,1-2H3,(H,15,16). The molecule has 1 atom stereocenters. The zero-order valence-electron chi connectivity index (χ0n) is 9.59. The largest absolute Gasteiger partial charge is 0.326 e. The molecule has 88 valence electrons. The van der Waals surface area contributed by atoms with E-state index in [0.717, 1.165) is 6.42 Å². The molecular formula is C12H17FN2O. The second-order valence-electron chi connectivity index (χ2n) is 3.81. The number of carbonyl (C=O) groups is 1. The summed E-state index contributed by atoms with van der Waals surface area (Å²) < 4.78 is 13.1. The van der Waals surface area contributed by atoms with Gasteiger partial charge in [0.2, 0.25) is 5.91 Å². The Hall–Kier alpha value is -1.42. The van der Waals surface area contributed by atoms with Crippen molar-refractivity contribution in [3.63, 3.8) is 0 Å². The van der Waals surface area contributed by atoms with Crippen LogP contribution >= 0.6 is 0 Å². The lowest BCUT2D eigenvalue weighted by Crippen LogP contribution is -2.19. The molecule has 0 aromatic heterocycles.